The van der Waals surface area contributed by atoms with Gasteiger partial charge in [0.1, 0.15) is 0 Å². The van der Waals surface area contributed by atoms with Gasteiger partial charge in [0.2, 0.25) is 10.0 Å². The van der Waals surface area contributed by atoms with Crippen LogP contribution in [0.25, 0.3) is 0 Å². The lowest BCUT2D eigenvalue weighted by molar-refractivity contribution is 0.598. The molecule has 0 radical (unpaired) electrons. The molecule has 0 unspecified atom stereocenters. The monoisotopic (exact) mass is 248 g/mol. The maximum atomic E-state index is 11.1. The lowest BCUT2D eigenvalue weighted by Crippen LogP contribution is -2.11. The minimum Gasteiger partial charge on any atom is -0.356 e. The van der Waals surface area contributed by atoms with Crippen LogP contribution in [-0.4, -0.2) is 8.42 Å². The fraction of sp³-hybridized carbons (Fsp3) is 0. The Morgan fingerprint density at radius 2 is 1.35 bits per heavy atom. The molecule has 3 N–H and O–H groups in total. The van der Waals surface area contributed by atoms with E-state index >= 15 is 0 Å². The molecule has 2 aromatic carbocycles. The van der Waals surface area contributed by atoms with Crippen molar-refractivity contribution in [3.05, 3.63) is 54.6 Å². The van der Waals surface area contributed by atoms with Crippen molar-refractivity contribution in [2.45, 2.75) is 4.90 Å². The molecular formula is C12H12N2O2S. The standard InChI is InChI=1S/C12H12N2O2S/c13-17(15,16)12-8-6-11(7-9-12)14-10-4-2-1-3-5-10/h1-9,14H,(H2,13,15,16). The highest BCUT2D eigenvalue weighted by atomic mass is 32.2. The lowest BCUT2D eigenvalue weighted by atomic mass is 10.3. The van der Waals surface area contributed by atoms with Gasteiger partial charge in [-0.15, -0.1) is 0 Å². The summed E-state index contributed by atoms with van der Waals surface area (Å²) >= 11 is 0. The molecule has 5 heteroatoms. The van der Waals surface area contributed by atoms with Gasteiger partial charge in [-0.1, -0.05) is 18.2 Å². The van der Waals surface area contributed by atoms with Crippen molar-refractivity contribution in [1.29, 1.82) is 0 Å². The summed E-state index contributed by atoms with van der Waals surface area (Å²) in [7, 11) is -3.62. The van der Waals surface area contributed by atoms with Gasteiger partial charge >= 0.3 is 0 Å². The molecule has 0 fully saturated rings. The molecule has 0 amide bonds. The molecule has 2 rings (SSSR count). The Morgan fingerprint density at radius 1 is 0.824 bits per heavy atom. The Labute approximate surface area is 100 Å². The largest absolute Gasteiger partial charge is 0.356 e. The maximum Gasteiger partial charge on any atom is 0.238 e. The molecule has 0 aliphatic rings. The molecule has 17 heavy (non-hydrogen) atoms. The van der Waals surface area contributed by atoms with Gasteiger partial charge in [-0.2, -0.15) is 0 Å². The van der Waals surface area contributed by atoms with Crippen LogP contribution in [-0.2, 0) is 10.0 Å². The van der Waals surface area contributed by atoms with Gasteiger partial charge in [-0.25, -0.2) is 13.6 Å². The molecule has 0 spiro atoms. The molecule has 0 heterocycles. The van der Waals surface area contributed by atoms with Gasteiger partial charge in [0.25, 0.3) is 0 Å². The summed E-state index contributed by atoms with van der Waals surface area (Å²) in [6.45, 7) is 0. The molecule has 0 saturated carbocycles. The predicted molar refractivity (Wildman–Crippen MR) is 67.5 cm³/mol. The van der Waals surface area contributed by atoms with Crippen molar-refractivity contribution < 1.29 is 8.42 Å². The van der Waals surface area contributed by atoms with Crippen LogP contribution in [0.4, 0.5) is 11.4 Å². The highest BCUT2D eigenvalue weighted by Crippen LogP contribution is 2.17. The zero-order valence-corrected chi connectivity index (χ0v) is 9.81. The van der Waals surface area contributed by atoms with Crippen molar-refractivity contribution in [1.82, 2.24) is 0 Å². The van der Waals surface area contributed by atoms with Gasteiger partial charge in [0, 0.05) is 11.4 Å². The van der Waals surface area contributed by atoms with Crippen molar-refractivity contribution in [2.24, 2.45) is 5.14 Å². The van der Waals surface area contributed by atoms with Crippen molar-refractivity contribution >= 4 is 21.4 Å². The van der Waals surface area contributed by atoms with Crippen LogP contribution in [0.3, 0.4) is 0 Å². The molecule has 2 aromatic rings. The number of hydrogen-bond donors (Lipinski definition) is 2. The summed E-state index contributed by atoms with van der Waals surface area (Å²) in [6, 6.07) is 15.9. The number of benzene rings is 2. The third kappa shape index (κ3) is 3.05. The van der Waals surface area contributed by atoms with Gasteiger partial charge < -0.3 is 5.32 Å². The number of sulfonamides is 1. The zero-order valence-electron chi connectivity index (χ0n) is 9.00. The summed E-state index contributed by atoms with van der Waals surface area (Å²) in [6.07, 6.45) is 0. The van der Waals surface area contributed by atoms with E-state index in [1.54, 1.807) is 12.1 Å². The summed E-state index contributed by atoms with van der Waals surface area (Å²) < 4.78 is 22.1. The Balaban J connectivity index is 2.20. The van der Waals surface area contributed by atoms with Crippen LogP contribution in [0.1, 0.15) is 0 Å². The number of anilines is 2. The van der Waals surface area contributed by atoms with Crippen molar-refractivity contribution in [3.8, 4) is 0 Å². The fourth-order valence-electron chi connectivity index (χ4n) is 1.42. The van der Waals surface area contributed by atoms with Gasteiger partial charge in [0.15, 0.2) is 0 Å². The Bertz CT molecular complexity index is 592. The highest BCUT2D eigenvalue weighted by Gasteiger charge is 2.06. The fourth-order valence-corrected chi connectivity index (χ4v) is 1.93. The Hall–Kier alpha value is -1.85. The molecule has 0 aliphatic heterocycles. The lowest BCUT2D eigenvalue weighted by Gasteiger charge is -2.06. The molecule has 0 bridgehead atoms. The average molecular weight is 248 g/mol. The number of hydrogen-bond acceptors (Lipinski definition) is 3. The van der Waals surface area contributed by atoms with E-state index in [-0.39, 0.29) is 4.90 Å². The SMILES string of the molecule is NS(=O)(=O)c1ccc(Nc2ccccc2)cc1. The first-order valence-corrected chi connectivity index (χ1v) is 6.55. The average Bonchev–Trinajstić information content (AvgIpc) is 2.30. The molecule has 0 aromatic heterocycles. The van der Waals surface area contributed by atoms with E-state index in [4.69, 9.17) is 5.14 Å². The van der Waals surface area contributed by atoms with E-state index in [9.17, 15) is 8.42 Å². The molecule has 0 aliphatic carbocycles. The van der Waals surface area contributed by atoms with E-state index in [1.165, 1.54) is 12.1 Å². The van der Waals surface area contributed by atoms with E-state index in [0.29, 0.717) is 0 Å². The maximum absolute atomic E-state index is 11.1. The predicted octanol–water partition coefficient (Wildman–Crippen LogP) is 2.08. The third-order valence-electron chi connectivity index (χ3n) is 2.25. The van der Waals surface area contributed by atoms with Crippen LogP contribution in [0.5, 0.6) is 0 Å². The van der Waals surface area contributed by atoms with Gasteiger partial charge in [-0.3, -0.25) is 0 Å². The van der Waals surface area contributed by atoms with Crippen LogP contribution >= 0.6 is 0 Å². The smallest absolute Gasteiger partial charge is 0.238 e. The van der Waals surface area contributed by atoms with Gasteiger partial charge in [-0.05, 0) is 36.4 Å². The first-order chi connectivity index (χ1) is 8.05. The van der Waals surface area contributed by atoms with E-state index in [1.807, 2.05) is 30.3 Å². The number of primary sulfonamides is 1. The second-order valence-electron chi connectivity index (χ2n) is 3.56. The van der Waals surface area contributed by atoms with Crippen LogP contribution in [0, 0.1) is 0 Å². The normalized spacial score (nSPS) is 11.1. The van der Waals surface area contributed by atoms with Crippen molar-refractivity contribution in [3.63, 3.8) is 0 Å². The molecule has 4 nitrogen and oxygen atoms in total. The van der Waals surface area contributed by atoms with Crippen LogP contribution in [0.15, 0.2) is 59.5 Å². The summed E-state index contributed by atoms with van der Waals surface area (Å²) in [5.41, 5.74) is 1.75. The second kappa shape index (κ2) is 4.57. The van der Waals surface area contributed by atoms with Gasteiger partial charge in [0.05, 0.1) is 4.90 Å². The topological polar surface area (TPSA) is 72.2 Å². The second-order valence-corrected chi connectivity index (χ2v) is 5.12. The molecular weight excluding hydrogens is 236 g/mol. The first kappa shape index (κ1) is 11.6. The van der Waals surface area contributed by atoms with Crippen LogP contribution in [0.2, 0.25) is 0 Å². The highest BCUT2D eigenvalue weighted by molar-refractivity contribution is 7.89. The minimum absolute atomic E-state index is 0.108. The van der Waals surface area contributed by atoms with Crippen molar-refractivity contribution in [2.75, 3.05) is 5.32 Å². The number of rotatable bonds is 3. The Morgan fingerprint density at radius 3 is 1.88 bits per heavy atom. The van der Waals surface area contributed by atoms with Crippen LogP contribution < -0.4 is 10.5 Å². The quantitative estimate of drug-likeness (QED) is 0.873. The van der Waals surface area contributed by atoms with E-state index in [2.05, 4.69) is 5.32 Å². The number of nitrogens with two attached hydrogens (primary N) is 1. The third-order valence-corrected chi connectivity index (χ3v) is 3.17. The van der Waals surface area contributed by atoms with E-state index < -0.39 is 10.0 Å². The number of nitrogens with one attached hydrogen (secondary N) is 1. The van der Waals surface area contributed by atoms with E-state index in [0.717, 1.165) is 11.4 Å². The zero-order chi connectivity index (χ0) is 12.3. The summed E-state index contributed by atoms with van der Waals surface area (Å²) in [5, 5.41) is 8.16. The number of para-hydroxylation sites is 1. The molecule has 0 saturated heterocycles. The Kier molecular flexibility index (Phi) is 3.12. The molecule has 88 valence electrons. The summed E-state index contributed by atoms with van der Waals surface area (Å²) in [5.74, 6) is 0. The minimum atomic E-state index is -3.62. The summed E-state index contributed by atoms with van der Waals surface area (Å²) in [4.78, 5) is 0.108. The molecule has 0 atom stereocenters. The first-order valence-electron chi connectivity index (χ1n) is 5.01.